The van der Waals surface area contributed by atoms with Crippen LogP contribution in [0.1, 0.15) is 49.9 Å². The SMILES string of the molecule is CCC1(CC)CCN(C(=O)c2ccc(N)c(O)c2)CC1. The molecule has 0 saturated carbocycles. The number of nitrogen functional groups attached to an aromatic ring is 1. The number of rotatable bonds is 3. The van der Waals surface area contributed by atoms with Crippen LogP contribution >= 0.6 is 0 Å². The van der Waals surface area contributed by atoms with Gasteiger partial charge in [-0.05, 0) is 36.5 Å². The highest BCUT2D eigenvalue weighted by molar-refractivity contribution is 5.95. The van der Waals surface area contributed by atoms with Crippen molar-refractivity contribution in [2.75, 3.05) is 18.8 Å². The molecule has 0 radical (unpaired) electrons. The van der Waals surface area contributed by atoms with Gasteiger partial charge in [0.2, 0.25) is 0 Å². The monoisotopic (exact) mass is 276 g/mol. The first-order valence-corrected chi connectivity index (χ1v) is 7.39. The summed E-state index contributed by atoms with van der Waals surface area (Å²) in [5.74, 6) is -0.0366. The van der Waals surface area contributed by atoms with Gasteiger partial charge in [-0.3, -0.25) is 4.79 Å². The van der Waals surface area contributed by atoms with Crippen molar-refractivity contribution in [3.8, 4) is 5.75 Å². The van der Waals surface area contributed by atoms with Crippen LogP contribution in [-0.4, -0.2) is 29.0 Å². The van der Waals surface area contributed by atoms with Crippen LogP contribution in [0.2, 0.25) is 0 Å². The minimum absolute atomic E-state index is 0.0129. The predicted molar refractivity (Wildman–Crippen MR) is 80.7 cm³/mol. The Morgan fingerprint density at radius 3 is 2.40 bits per heavy atom. The molecular formula is C16H24N2O2. The number of aromatic hydroxyl groups is 1. The minimum atomic E-state index is -0.0238. The fourth-order valence-corrected chi connectivity index (χ4v) is 3.00. The van der Waals surface area contributed by atoms with Crippen LogP contribution in [0.15, 0.2) is 18.2 Å². The Hall–Kier alpha value is -1.71. The van der Waals surface area contributed by atoms with E-state index in [0.717, 1.165) is 25.9 Å². The Labute approximate surface area is 120 Å². The van der Waals surface area contributed by atoms with E-state index in [9.17, 15) is 9.90 Å². The molecule has 1 fully saturated rings. The van der Waals surface area contributed by atoms with Crippen LogP contribution < -0.4 is 5.73 Å². The number of nitrogens with two attached hydrogens (primary N) is 1. The predicted octanol–water partition coefficient (Wildman–Crippen LogP) is 3.02. The molecule has 0 aromatic heterocycles. The maximum atomic E-state index is 12.4. The van der Waals surface area contributed by atoms with E-state index in [-0.39, 0.29) is 11.7 Å². The van der Waals surface area contributed by atoms with Crippen LogP contribution in [-0.2, 0) is 0 Å². The second-order valence-electron chi connectivity index (χ2n) is 5.77. The fourth-order valence-electron chi connectivity index (χ4n) is 3.00. The average molecular weight is 276 g/mol. The fraction of sp³-hybridized carbons (Fsp3) is 0.562. The molecule has 1 aliphatic rings. The van der Waals surface area contributed by atoms with Crippen molar-refractivity contribution in [3.63, 3.8) is 0 Å². The Morgan fingerprint density at radius 1 is 1.30 bits per heavy atom. The molecular weight excluding hydrogens is 252 g/mol. The maximum absolute atomic E-state index is 12.4. The maximum Gasteiger partial charge on any atom is 0.253 e. The Kier molecular flexibility index (Phi) is 4.21. The average Bonchev–Trinajstić information content (AvgIpc) is 2.49. The summed E-state index contributed by atoms with van der Waals surface area (Å²) in [4.78, 5) is 14.3. The molecule has 0 unspecified atom stereocenters. The van der Waals surface area contributed by atoms with Crippen molar-refractivity contribution < 1.29 is 9.90 Å². The van der Waals surface area contributed by atoms with Crippen LogP contribution in [0.25, 0.3) is 0 Å². The van der Waals surface area contributed by atoms with Crippen molar-refractivity contribution >= 4 is 11.6 Å². The lowest BCUT2D eigenvalue weighted by Gasteiger charge is -2.41. The summed E-state index contributed by atoms with van der Waals surface area (Å²) >= 11 is 0. The minimum Gasteiger partial charge on any atom is -0.506 e. The lowest BCUT2D eigenvalue weighted by atomic mass is 9.74. The molecule has 0 aliphatic carbocycles. The smallest absolute Gasteiger partial charge is 0.253 e. The zero-order valence-corrected chi connectivity index (χ0v) is 12.4. The van der Waals surface area contributed by atoms with E-state index >= 15 is 0 Å². The standard InChI is InChI=1S/C16H24N2O2/c1-3-16(4-2)7-9-18(10-8-16)15(20)12-5-6-13(17)14(19)11-12/h5-6,11,19H,3-4,7-10,17H2,1-2H3. The number of anilines is 1. The number of hydrogen-bond acceptors (Lipinski definition) is 3. The topological polar surface area (TPSA) is 66.6 Å². The molecule has 1 aliphatic heterocycles. The first-order valence-electron chi connectivity index (χ1n) is 7.39. The molecule has 2 rings (SSSR count). The van der Waals surface area contributed by atoms with E-state index in [1.54, 1.807) is 12.1 Å². The van der Waals surface area contributed by atoms with E-state index in [0.29, 0.717) is 16.7 Å². The van der Waals surface area contributed by atoms with Gasteiger partial charge in [0.15, 0.2) is 0 Å². The third-order valence-corrected chi connectivity index (χ3v) is 4.89. The van der Waals surface area contributed by atoms with E-state index in [1.165, 1.54) is 18.9 Å². The van der Waals surface area contributed by atoms with Gasteiger partial charge in [-0.1, -0.05) is 26.7 Å². The summed E-state index contributed by atoms with van der Waals surface area (Å²) in [7, 11) is 0. The van der Waals surface area contributed by atoms with Gasteiger partial charge in [-0.2, -0.15) is 0 Å². The molecule has 0 atom stereocenters. The molecule has 1 aromatic carbocycles. The molecule has 4 nitrogen and oxygen atoms in total. The highest BCUT2D eigenvalue weighted by Gasteiger charge is 2.33. The number of piperidine rings is 1. The molecule has 1 saturated heterocycles. The van der Waals surface area contributed by atoms with Gasteiger partial charge in [-0.25, -0.2) is 0 Å². The zero-order valence-electron chi connectivity index (χ0n) is 12.4. The summed E-state index contributed by atoms with van der Waals surface area (Å²) in [5.41, 5.74) is 6.78. The molecule has 0 bridgehead atoms. The van der Waals surface area contributed by atoms with Gasteiger partial charge in [0.1, 0.15) is 5.75 Å². The third-order valence-electron chi connectivity index (χ3n) is 4.89. The number of phenolic OH excluding ortho intramolecular Hbond substituents is 1. The number of phenols is 1. The molecule has 110 valence electrons. The first-order chi connectivity index (χ1) is 9.51. The molecule has 1 amide bonds. The highest BCUT2D eigenvalue weighted by atomic mass is 16.3. The van der Waals surface area contributed by atoms with Gasteiger partial charge in [-0.15, -0.1) is 0 Å². The summed E-state index contributed by atoms with van der Waals surface area (Å²) in [5, 5.41) is 9.61. The van der Waals surface area contributed by atoms with Crippen molar-refractivity contribution in [2.24, 2.45) is 5.41 Å². The van der Waals surface area contributed by atoms with Gasteiger partial charge in [0, 0.05) is 18.7 Å². The van der Waals surface area contributed by atoms with Crippen molar-refractivity contribution in [1.82, 2.24) is 4.90 Å². The molecule has 0 spiro atoms. The lowest BCUT2D eigenvalue weighted by molar-refractivity contribution is 0.0557. The number of carbonyl (C=O) groups is 1. The van der Waals surface area contributed by atoms with Crippen LogP contribution in [0.3, 0.4) is 0 Å². The molecule has 1 heterocycles. The molecule has 3 N–H and O–H groups in total. The number of likely N-dealkylation sites (tertiary alicyclic amines) is 1. The Morgan fingerprint density at radius 2 is 1.90 bits per heavy atom. The number of benzene rings is 1. The van der Waals surface area contributed by atoms with Gasteiger partial charge >= 0.3 is 0 Å². The number of amides is 1. The summed E-state index contributed by atoms with van der Waals surface area (Å²) in [6.45, 7) is 6.06. The number of hydrogen-bond donors (Lipinski definition) is 2. The molecule has 1 aromatic rings. The largest absolute Gasteiger partial charge is 0.506 e. The summed E-state index contributed by atoms with van der Waals surface area (Å²) < 4.78 is 0. The lowest BCUT2D eigenvalue weighted by Crippen LogP contribution is -2.42. The van der Waals surface area contributed by atoms with Crippen LogP contribution in [0.5, 0.6) is 5.75 Å². The van der Waals surface area contributed by atoms with Gasteiger partial charge in [0.05, 0.1) is 5.69 Å². The van der Waals surface area contributed by atoms with Gasteiger partial charge in [0.25, 0.3) is 5.91 Å². The van der Waals surface area contributed by atoms with Crippen LogP contribution in [0, 0.1) is 5.41 Å². The number of carbonyl (C=O) groups excluding carboxylic acids is 1. The first kappa shape index (κ1) is 14.7. The highest BCUT2D eigenvalue weighted by Crippen LogP contribution is 2.38. The van der Waals surface area contributed by atoms with Crippen LogP contribution in [0.4, 0.5) is 5.69 Å². The quantitative estimate of drug-likeness (QED) is 0.658. The second-order valence-corrected chi connectivity index (χ2v) is 5.77. The Bertz CT molecular complexity index is 485. The number of nitrogens with zero attached hydrogens (tertiary/aromatic N) is 1. The van der Waals surface area contributed by atoms with Gasteiger partial charge < -0.3 is 15.7 Å². The second kappa shape index (κ2) is 5.73. The summed E-state index contributed by atoms with van der Waals surface area (Å²) in [6.07, 6.45) is 4.47. The van der Waals surface area contributed by atoms with Crippen molar-refractivity contribution in [2.45, 2.75) is 39.5 Å². The van der Waals surface area contributed by atoms with E-state index in [1.807, 2.05) is 4.90 Å². The normalized spacial score (nSPS) is 18.0. The summed E-state index contributed by atoms with van der Waals surface area (Å²) in [6, 6.07) is 4.72. The van der Waals surface area contributed by atoms with E-state index < -0.39 is 0 Å². The molecule has 20 heavy (non-hydrogen) atoms. The zero-order chi connectivity index (χ0) is 14.8. The third kappa shape index (κ3) is 2.74. The Balaban J connectivity index is 2.06. The van der Waals surface area contributed by atoms with Crippen molar-refractivity contribution in [3.05, 3.63) is 23.8 Å². The molecule has 4 heteroatoms. The van der Waals surface area contributed by atoms with E-state index in [2.05, 4.69) is 13.8 Å². The van der Waals surface area contributed by atoms with E-state index in [4.69, 9.17) is 5.73 Å². The van der Waals surface area contributed by atoms with Crippen molar-refractivity contribution in [1.29, 1.82) is 0 Å².